The van der Waals surface area contributed by atoms with Gasteiger partial charge < -0.3 is 20.1 Å². The monoisotopic (exact) mass is 252 g/mol. The van der Waals surface area contributed by atoms with Gasteiger partial charge >= 0.3 is 0 Å². The number of carbonyl (C=O) groups excluding carboxylic acids is 1. The first-order valence-electron chi connectivity index (χ1n) is 5.87. The molecule has 0 saturated heterocycles. The van der Waals surface area contributed by atoms with Gasteiger partial charge in [-0.25, -0.2) is 0 Å². The van der Waals surface area contributed by atoms with Crippen molar-refractivity contribution in [2.75, 3.05) is 34.3 Å². The Balaban J connectivity index is 2.76. The van der Waals surface area contributed by atoms with Crippen LogP contribution in [-0.2, 0) is 0 Å². The lowest BCUT2D eigenvalue weighted by atomic mass is 10.1. The molecular formula is C13H20N2O3. The molecule has 0 aliphatic heterocycles. The second-order valence-electron chi connectivity index (χ2n) is 4.07. The lowest BCUT2D eigenvalue weighted by Gasteiger charge is -2.18. The highest BCUT2D eigenvalue weighted by atomic mass is 16.5. The van der Waals surface area contributed by atoms with Crippen LogP contribution in [0.3, 0.4) is 0 Å². The maximum absolute atomic E-state index is 12.1. The maximum Gasteiger partial charge on any atom is 0.257 e. The van der Waals surface area contributed by atoms with Gasteiger partial charge in [0.15, 0.2) is 0 Å². The number of nitrogens with one attached hydrogen (secondary N) is 1. The van der Waals surface area contributed by atoms with Gasteiger partial charge in [-0.05, 0) is 38.2 Å². The van der Waals surface area contributed by atoms with Gasteiger partial charge in [-0.1, -0.05) is 0 Å². The zero-order valence-electron chi connectivity index (χ0n) is 11.1. The molecule has 0 fully saturated rings. The molecule has 0 radical (unpaired) electrons. The molecule has 18 heavy (non-hydrogen) atoms. The highest BCUT2D eigenvalue weighted by molar-refractivity contribution is 5.97. The fourth-order valence-corrected chi connectivity index (χ4v) is 1.61. The van der Waals surface area contributed by atoms with Crippen molar-refractivity contribution in [3.63, 3.8) is 0 Å². The van der Waals surface area contributed by atoms with E-state index in [2.05, 4.69) is 5.32 Å². The number of hydrogen-bond acceptors (Lipinski definition) is 4. The Kier molecular flexibility index (Phi) is 5.45. The van der Waals surface area contributed by atoms with Gasteiger partial charge in [0.2, 0.25) is 0 Å². The van der Waals surface area contributed by atoms with Crippen LogP contribution in [0.25, 0.3) is 0 Å². The molecule has 0 aliphatic carbocycles. The molecule has 0 saturated carbocycles. The molecular weight excluding hydrogens is 232 g/mol. The minimum absolute atomic E-state index is 0.0266. The van der Waals surface area contributed by atoms with Gasteiger partial charge in [-0.15, -0.1) is 0 Å². The van der Waals surface area contributed by atoms with E-state index in [-0.39, 0.29) is 17.2 Å². The molecule has 0 spiro atoms. The van der Waals surface area contributed by atoms with Crippen LogP contribution in [0.2, 0.25) is 0 Å². The van der Waals surface area contributed by atoms with E-state index >= 15 is 0 Å². The number of nitrogens with zero attached hydrogens (tertiary/aromatic N) is 1. The highest BCUT2D eigenvalue weighted by Gasteiger charge is 2.16. The van der Waals surface area contributed by atoms with Gasteiger partial charge in [0, 0.05) is 13.6 Å². The largest absolute Gasteiger partial charge is 0.507 e. The minimum Gasteiger partial charge on any atom is -0.507 e. The van der Waals surface area contributed by atoms with Crippen LogP contribution in [0.1, 0.15) is 16.8 Å². The Morgan fingerprint density at radius 3 is 2.83 bits per heavy atom. The summed E-state index contributed by atoms with van der Waals surface area (Å²) in [6, 6.07) is 4.63. The number of phenolic OH excluding ortho intramolecular Hbond substituents is 1. The summed E-state index contributed by atoms with van der Waals surface area (Å²) in [6.07, 6.45) is 0.865. The molecule has 2 N–H and O–H groups in total. The number of ether oxygens (including phenoxy) is 1. The summed E-state index contributed by atoms with van der Waals surface area (Å²) < 4.78 is 5.05. The van der Waals surface area contributed by atoms with Crippen molar-refractivity contribution in [2.24, 2.45) is 0 Å². The van der Waals surface area contributed by atoms with Crippen LogP contribution in [0.5, 0.6) is 11.5 Å². The summed E-state index contributed by atoms with van der Waals surface area (Å²) in [5, 5.41) is 12.7. The third kappa shape index (κ3) is 3.63. The summed E-state index contributed by atoms with van der Waals surface area (Å²) in [6.45, 7) is 1.48. The fourth-order valence-electron chi connectivity index (χ4n) is 1.61. The molecule has 0 bridgehead atoms. The second kappa shape index (κ2) is 6.86. The van der Waals surface area contributed by atoms with Crippen LogP contribution < -0.4 is 10.1 Å². The van der Waals surface area contributed by atoms with E-state index in [0.717, 1.165) is 13.0 Å². The number of aromatic hydroxyl groups is 1. The average Bonchev–Trinajstić information content (AvgIpc) is 2.38. The van der Waals surface area contributed by atoms with Gasteiger partial charge in [0.05, 0.1) is 12.7 Å². The van der Waals surface area contributed by atoms with Gasteiger partial charge in [0.25, 0.3) is 5.91 Å². The Hall–Kier alpha value is -1.75. The number of carbonyl (C=O) groups is 1. The number of rotatable bonds is 6. The Morgan fingerprint density at radius 2 is 2.22 bits per heavy atom. The lowest BCUT2D eigenvalue weighted by Crippen LogP contribution is -2.29. The molecule has 0 unspecified atom stereocenters. The van der Waals surface area contributed by atoms with E-state index in [1.807, 2.05) is 7.05 Å². The smallest absolute Gasteiger partial charge is 0.257 e. The molecule has 5 heteroatoms. The number of amides is 1. The Labute approximate surface area is 107 Å². The molecule has 0 aromatic heterocycles. The third-order valence-electron chi connectivity index (χ3n) is 2.70. The van der Waals surface area contributed by atoms with E-state index in [0.29, 0.717) is 12.3 Å². The van der Waals surface area contributed by atoms with E-state index in [1.54, 1.807) is 24.1 Å². The van der Waals surface area contributed by atoms with E-state index in [4.69, 9.17) is 4.74 Å². The fraction of sp³-hybridized carbons (Fsp3) is 0.462. The van der Waals surface area contributed by atoms with Gasteiger partial charge in [-0.2, -0.15) is 0 Å². The van der Waals surface area contributed by atoms with Gasteiger partial charge in [0.1, 0.15) is 11.5 Å². The molecule has 1 aromatic carbocycles. The molecule has 1 aromatic rings. The Morgan fingerprint density at radius 1 is 1.50 bits per heavy atom. The van der Waals surface area contributed by atoms with Crippen LogP contribution in [-0.4, -0.2) is 50.2 Å². The molecule has 1 rings (SSSR count). The zero-order valence-corrected chi connectivity index (χ0v) is 11.1. The first-order valence-corrected chi connectivity index (χ1v) is 5.87. The quantitative estimate of drug-likeness (QED) is 0.744. The normalized spacial score (nSPS) is 10.2. The predicted octanol–water partition coefficient (Wildman–Crippen LogP) is 1.08. The molecule has 0 heterocycles. The summed E-state index contributed by atoms with van der Waals surface area (Å²) in [5.74, 6) is 0.323. The van der Waals surface area contributed by atoms with Crippen molar-refractivity contribution < 1.29 is 14.6 Å². The van der Waals surface area contributed by atoms with E-state index in [9.17, 15) is 9.90 Å². The van der Waals surface area contributed by atoms with Crippen molar-refractivity contribution >= 4 is 5.91 Å². The minimum atomic E-state index is -0.206. The van der Waals surface area contributed by atoms with Crippen LogP contribution in [0.4, 0.5) is 0 Å². The topological polar surface area (TPSA) is 61.8 Å². The van der Waals surface area contributed by atoms with Crippen molar-refractivity contribution in [3.8, 4) is 11.5 Å². The van der Waals surface area contributed by atoms with Crippen LogP contribution in [0, 0.1) is 0 Å². The highest BCUT2D eigenvalue weighted by Crippen LogP contribution is 2.23. The molecule has 5 nitrogen and oxygen atoms in total. The average molecular weight is 252 g/mol. The van der Waals surface area contributed by atoms with Gasteiger partial charge in [-0.3, -0.25) is 4.79 Å². The number of phenols is 1. The number of benzene rings is 1. The predicted molar refractivity (Wildman–Crippen MR) is 70.2 cm³/mol. The number of methoxy groups -OCH3 is 1. The summed E-state index contributed by atoms with van der Waals surface area (Å²) in [4.78, 5) is 13.7. The second-order valence-corrected chi connectivity index (χ2v) is 4.07. The number of hydrogen-bond donors (Lipinski definition) is 2. The summed E-state index contributed by atoms with van der Waals surface area (Å²) >= 11 is 0. The van der Waals surface area contributed by atoms with Crippen LogP contribution in [0.15, 0.2) is 18.2 Å². The lowest BCUT2D eigenvalue weighted by molar-refractivity contribution is 0.0790. The molecule has 100 valence electrons. The molecule has 0 atom stereocenters. The maximum atomic E-state index is 12.1. The summed E-state index contributed by atoms with van der Waals surface area (Å²) in [7, 11) is 5.11. The van der Waals surface area contributed by atoms with Crippen molar-refractivity contribution in [1.29, 1.82) is 0 Å². The SMILES string of the molecule is CNCCCN(C)C(=O)c1cc(OC)ccc1O. The first kappa shape index (κ1) is 14.3. The summed E-state index contributed by atoms with van der Waals surface area (Å²) in [5.41, 5.74) is 0.265. The van der Waals surface area contributed by atoms with E-state index < -0.39 is 0 Å². The van der Waals surface area contributed by atoms with Crippen molar-refractivity contribution in [1.82, 2.24) is 10.2 Å². The van der Waals surface area contributed by atoms with Crippen molar-refractivity contribution in [2.45, 2.75) is 6.42 Å². The standard InChI is InChI=1S/C13H20N2O3/c1-14-7-4-8-15(2)13(17)11-9-10(18-3)5-6-12(11)16/h5-6,9,14,16H,4,7-8H2,1-3H3. The van der Waals surface area contributed by atoms with Crippen LogP contribution >= 0.6 is 0 Å². The first-order chi connectivity index (χ1) is 8.60. The third-order valence-corrected chi connectivity index (χ3v) is 2.70. The Bertz CT molecular complexity index is 407. The van der Waals surface area contributed by atoms with Crippen molar-refractivity contribution in [3.05, 3.63) is 23.8 Å². The molecule has 0 aliphatic rings. The van der Waals surface area contributed by atoms with E-state index in [1.165, 1.54) is 13.2 Å². The molecule has 1 amide bonds. The zero-order chi connectivity index (χ0) is 13.5.